The molecule has 6 nitrogen and oxygen atoms in total. The molecule has 0 atom stereocenters. The molecule has 1 aliphatic carbocycles. The number of benzene rings is 1. The monoisotopic (exact) mass is 322 g/mol. The highest BCUT2D eigenvalue weighted by molar-refractivity contribution is 7.98. The highest BCUT2D eigenvalue weighted by Gasteiger charge is 2.29. The number of nitrogens with two attached hydrogens (primary N) is 1. The van der Waals surface area contributed by atoms with Crippen molar-refractivity contribution in [1.29, 1.82) is 0 Å². The van der Waals surface area contributed by atoms with Crippen molar-refractivity contribution in [3.8, 4) is 0 Å². The average molecular weight is 322 g/mol. The summed E-state index contributed by atoms with van der Waals surface area (Å²) in [5.74, 6) is -0.176. The summed E-state index contributed by atoms with van der Waals surface area (Å²) in [6.45, 7) is 0. The largest absolute Gasteiger partial charge is 0.465 e. The van der Waals surface area contributed by atoms with E-state index in [1.165, 1.54) is 31.0 Å². The zero-order chi connectivity index (χ0) is 15.7. The quantitative estimate of drug-likeness (QED) is 0.672. The molecule has 1 saturated carbocycles. The molecule has 8 heteroatoms. The van der Waals surface area contributed by atoms with Gasteiger partial charge in [0.05, 0.1) is 12.7 Å². The molecule has 22 heavy (non-hydrogen) atoms. The first kappa shape index (κ1) is 14.8. The average Bonchev–Trinajstić information content (AvgIpc) is 3.28. The molecule has 2 N–H and O–H groups in total. The number of rotatable bonds is 5. The number of thioether (sulfide) groups is 1. The Morgan fingerprint density at radius 2 is 2.27 bits per heavy atom. The molecule has 1 aromatic heterocycles. The molecular formula is C14H15FN4O2S. The molecule has 0 aliphatic heterocycles. The number of anilines is 1. The van der Waals surface area contributed by atoms with E-state index >= 15 is 0 Å². The SMILES string of the molecule is COC(=O)c1cc(F)ccc1CSc1nnc(N)n1C1CC1. The Balaban J connectivity index is 1.81. The first-order valence-electron chi connectivity index (χ1n) is 6.80. The van der Waals surface area contributed by atoms with Gasteiger partial charge in [-0.15, -0.1) is 10.2 Å². The highest BCUT2D eigenvalue weighted by atomic mass is 32.2. The summed E-state index contributed by atoms with van der Waals surface area (Å²) in [6.07, 6.45) is 2.14. The van der Waals surface area contributed by atoms with Gasteiger partial charge < -0.3 is 10.5 Å². The number of halogens is 1. The molecule has 1 heterocycles. The Kier molecular flexibility index (Phi) is 4.02. The first-order valence-corrected chi connectivity index (χ1v) is 7.78. The minimum absolute atomic E-state index is 0.223. The van der Waals surface area contributed by atoms with Crippen molar-refractivity contribution in [3.05, 3.63) is 35.1 Å². The van der Waals surface area contributed by atoms with Gasteiger partial charge in [0, 0.05) is 11.8 Å². The van der Waals surface area contributed by atoms with Gasteiger partial charge in [-0.25, -0.2) is 9.18 Å². The lowest BCUT2D eigenvalue weighted by molar-refractivity contribution is 0.0599. The fourth-order valence-electron chi connectivity index (χ4n) is 2.18. The maximum atomic E-state index is 13.3. The Hall–Kier alpha value is -2.09. The lowest BCUT2D eigenvalue weighted by Gasteiger charge is -2.09. The zero-order valence-corrected chi connectivity index (χ0v) is 12.8. The van der Waals surface area contributed by atoms with Crippen LogP contribution in [0.3, 0.4) is 0 Å². The van der Waals surface area contributed by atoms with Crippen molar-refractivity contribution < 1.29 is 13.9 Å². The van der Waals surface area contributed by atoms with Crippen molar-refractivity contribution in [3.63, 3.8) is 0 Å². The van der Waals surface area contributed by atoms with Crippen LogP contribution in [-0.4, -0.2) is 27.8 Å². The van der Waals surface area contributed by atoms with Gasteiger partial charge in [0.1, 0.15) is 5.82 Å². The summed E-state index contributed by atoms with van der Waals surface area (Å²) in [6, 6.07) is 4.45. The molecule has 0 radical (unpaired) electrons. The van der Waals surface area contributed by atoms with Gasteiger partial charge in [-0.05, 0) is 30.5 Å². The molecule has 3 rings (SSSR count). The van der Waals surface area contributed by atoms with E-state index in [2.05, 4.69) is 10.2 Å². The van der Waals surface area contributed by atoms with Crippen molar-refractivity contribution in [2.45, 2.75) is 29.8 Å². The lowest BCUT2D eigenvalue weighted by atomic mass is 10.1. The minimum Gasteiger partial charge on any atom is -0.465 e. The Labute approximate surface area is 130 Å². The zero-order valence-electron chi connectivity index (χ0n) is 12.0. The van der Waals surface area contributed by atoms with E-state index in [9.17, 15) is 9.18 Å². The van der Waals surface area contributed by atoms with Crippen LogP contribution in [0.5, 0.6) is 0 Å². The first-order chi connectivity index (χ1) is 10.6. The molecule has 2 aromatic rings. The van der Waals surface area contributed by atoms with Crippen LogP contribution in [0.4, 0.5) is 10.3 Å². The third-order valence-corrected chi connectivity index (χ3v) is 4.43. The second kappa shape index (κ2) is 5.96. The smallest absolute Gasteiger partial charge is 0.338 e. The number of nitrogen functional groups attached to an aromatic ring is 1. The fraction of sp³-hybridized carbons (Fsp3) is 0.357. The van der Waals surface area contributed by atoms with Crippen LogP contribution in [0, 0.1) is 5.82 Å². The number of carbonyl (C=O) groups excluding carboxylic acids is 1. The number of methoxy groups -OCH3 is 1. The molecule has 0 amide bonds. The van der Waals surface area contributed by atoms with E-state index in [-0.39, 0.29) is 5.56 Å². The minimum atomic E-state index is -0.557. The van der Waals surface area contributed by atoms with Crippen LogP contribution in [0.2, 0.25) is 0 Å². The third-order valence-electron chi connectivity index (χ3n) is 3.44. The molecule has 0 bridgehead atoms. The van der Waals surface area contributed by atoms with E-state index in [0.29, 0.717) is 28.5 Å². The van der Waals surface area contributed by atoms with Crippen LogP contribution in [0.25, 0.3) is 0 Å². The van der Waals surface area contributed by atoms with Gasteiger partial charge in [0.25, 0.3) is 0 Å². The molecule has 0 unspecified atom stereocenters. The number of ether oxygens (including phenoxy) is 1. The second-order valence-corrected chi connectivity index (χ2v) is 5.97. The Morgan fingerprint density at radius 3 is 2.95 bits per heavy atom. The van der Waals surface area contributed by atoms with Crippen LogP contribution < -0.4 is 5.73 Å². The Bertz CT molecular complexity index is 715. The summed E-state index contributed by atoms with van der Waals surface area (Å²) in [5, 5.41) is 8.67. The summed E-state index contributed by atoms with van der Waals surface area (Å²) in [4.78, 5) is 11.7. The van der Waals surface area contributed by atoms with Crippen molar-refractivity contribution in [1.82, 2.24) is 14.8 Å². The maximum absolute atomic E-state index is 13.3. The standard InChI is InChI=1S/C14H15FN4O2S/c1-21-12(20)11-6-9(15)3-2-8(11)7-22-14-18-17-13(16)19(14)10-4-5-10/h2-3,6,10H,4-5,7H2,1H3,(H2,16,17). The van der Waals surface area contributed by atoms with Gasteiger partial charge in [-0.3, -0.25) is 4.57 Å². The van der Waals surface area contributed by atoms with Gasteiger partial charge in [-0.1, -0.05) is 17.8 Å². The van der Waals surface area contributed by atoms with E-state index in [1.807, 2.05) is 4.57 Å². The predicted molar refractivity (Wildman–Crippen MR) is 80.0 cm³/mol. The Morgan fingerprint density at radius 1 is 1.50 bits per heavy atom. The van der Waals surface area contributed by atoms with E-state index < -0.39 is 11.8 Å². The van der Waals surface area contributed by atoms with E-state index in [0.717, 1.165) is 12.8 Å². The normalized spacial score (nSPS) is 14.1. The highest BCUT2D eigenvalue weighted by Crippen LogP contribution is 2.40. The number of aromatic nitrogens is 3. The predicted octanol–water partition coefficient (Wildman–Crippen LogP) is 2.41. The van der Waals surface area contributed by atoms with Gasteiger partial charge in [0.2, 0.25) is 5.95 Å². The second-order valence-electron chi connectivity index (χ2n) is 5.02. The van der Waals surface area contributed by atoms with Crippen molar-refractivity contribution in [2.75, 3.05) is 12.8 Å². The van der Waals surface area contributed by atoms with E-state index in [4.69, 9.17) is 10.5 Å². The van der Waals surface area contributed by atoms with Gasteiger partial charge in [0.15, 0.2) is 5.16 Å². The van der Waals surface area contributed by atoms with Crippen LogP contribution >= 0.6 is 11.8 Å². The van der Waals surface area contributed by atoms with Gasteiger partial charge >= 0.3 is 5.97 Å². The summed E-state index contributed by atoms with van der Waals surface area (Å²) >= 11 is 1.42. The van der Waals surface area contributed by atoms with Crippen molar-refractivity contribution >= 4 is 23.7 Å². The topological polar surface area (TPSA) is 83.0 Å². The lowest BCUT2D eigenvalue weighted by Crippen LogP contribution is -2.06. The summed E-state index contributed by atoms with van der Waals surface area (Å²) in [5.41, 5.74) is 6.73. The molecule has 116 valence electrons. The molecule has 1 fully saturated rings. The number of carbonyl (C=O) groups is 1. The summed E-state index contributed by atoms with van der Waals surface area (Å²) < 4.78 is 19.9. The number of hydrogen-bond donors (Lipinski definition) is 1. The fourth-order valence-corrected chi connectivity index (χ4v) is 3.20. The van der Waals surface area contributed by atoms with E-state index in [1.54, 1.807) is 6.07 Å². The van der Waals surface area contributed by atoms with Crippen LogP contribution in [0.1, 0.15) is 34.8 Å². The molecule has 1 aliphatic rings. The van der Waals surface area contributed by atoms with Crippen molar-refractivity contribution in [2.24, 2.45) is 0 Å². The number of nitrogens with zero attached hydrogens (tertiary/aromatic N) is 3. The number of hydrogen-bond acceptors (Lipinski definition) is 6. The summed E-state index contributed by atoms with van der Waals surface area (Å²) in [7, 11) is 1.27. The van der Waals surface area contributed by atoms with Gasteiger partial charge in [-0.2, -0.15) is 0 Å². The molecule has 0 saturated heterocycles. The van der Waals surface area contributed by atoms with Crippen LogP contribution in [-0.2, 0) is 10.5 Å². The number of esters is 1. The van der Waals surface area contributed by atoms with Crippen LogP contribution in [0.15, 0.2) is 23.4 Å². The molecule has 1 aromatic carbocycles. The third kappa shape index (κ3) is 2.92. The maximum Gasteiger partial charge on any atom is 0.338 e. The molecular weight excluding hydrogens is 307 g/mol. The molecule has 0 spiro atoms.